The second-order valence-electron chi connectivity index (χ2n) is 4.17. The SMILES string of the molecule is O=C(O)COc1ccc(S(=O)(=O)N2CCSCC2)cc1. The van der Waals surface area contributed by atoms with Gasteiger partial charge in [-0.2, -0.15) is 16.1 Å². The molecule has 0 spiro atoms. The Morgan fingerprint density at radius 2 is 1.85 bits per heavy atom. The van der Waals surface area contributed by atoms with Crippen LogP contribution in [0.5, 0.6) is 5.75 Å². The number of nitrogens with zero attached hydrogens (tertiary/aromatic N) is 1. The summed E-state index contributed by atoms with van der Waals surface area (Å²) in [5.74, 6) is 0.867. The second kappa shape index (κ2) is 6.47. The Kier molecular flexibility index (Phi) is 4.90. The van der Waals surface area contributed by atoms with E-state index < -0.39 is 22.6 Å². The monoisotopic (exact) mass is 317 g/mol. The van der Waals surface area contributed by atoms with Crippen LogP contribution in [0.1, 0.15) is 0 Å². The molecule has 0 aliphatic carbocycles. The number of hydrogen-bond acceptors (Lipinski definition) is 5. The van der Waals surface area contributed by atoms with Crippen molar-refractivity contribution in [3.05, 3.63) is 24.3 Å². The van der Waals surface area contributed by atoms with Gasteiger partial charge in [0.15, 0.2) is 6.61 Å². The molecule has 1 aliphatic rings. The maximum atomic E-state index is 12.3. The van der Waals surface area contributed by atoms with Gasteiger partial charge in [0.05, 0.1) is 4.90 Å². The number of thioether (sulfide) groups is 1. The Morgan fingerprint density at radius 3 is 2.40 bits per heavy atom. The molecule has 0 amide bonds. The van der Waals surface area contributed by atoms with E-state index in [2.05, 4.69) is 0 Å². The molecule has 1 N–H and O–H groups in total. The van der Waals surface area contributed by atoms with Crippen molar-refractivity contribution in [2.24, 2.45) is 0 Å². The van der Waals surface area contributed by atoms with Crippen LogP contribution in [0.4, 0.5) is 0 Å². The smallest absolute Gasteiger partial charge is 0.341 e. The Hall–Kier alpha value is -1.25. The van der Waals surface area contributed by atoms with Crippen molar-refractivity contribution in [3.63, 3.8) is 0 Å². The minimum Gasteiger partial charge on any atom is -0.482 e. The number of hydrogen-bond donors (Lipinski definition) is 1. The number of carbonyl (C=O) groups is 1. The first-order valence-electron chi connectivity index (χ1n) is 6.03. The fourth-order valence-corrected chi connectivity index (χ4v) is 4.36. The maximum Gasteiger partial charge on any atom is 0.341 e. The molecule has 2 rings (SSSR count). The van der Waals surface area contributed by atoms with Crippen LogP contribution in [0.25, 0.3) is 0 Å². The molecular formula is C12H15NO5S2. The highest BCUT2D eigenvalue weighted by Gasteiger charge is 2.25. The Labute approximate surface area is 121 Å². The molecule has 1 fully saturated rings. The van der Waals surface area contributed by atoms with Crippen LogP contribution < -0.4 is 4.74 Å². The van der Waals surface area contributed by atoms with Gasteiger partial charge in [0.25, 0.3) is 0 Å². The molecule has 0 radical (unpaired) electrons. The molecule has 20 heavy (non-hydrogen) atoms. The summed E-state index contributed by atoms with van der Waals surface area (Å²) in [6.07, 6.45) is 0. The fourth-order valence-electron chi connectivity index (χ4n) is 1.79. The maximum absolute atomic E-state index is 12.3. The second-order valence-corrected chi connectivity index (χ2v) is 7.33. The standard InChI is InChI=1S/C12H15NO5S2/c14-12(15)9-18-10-1-3-11(4-2-10)20(16,17)13-5-7-19-8-6-13/h1-4H,5-9H2,(H,14,15). The lowest BCUT2D eigenvalue weighted by atomic mass is 10.3. The number of rotatable bonds is 5. The third kappa shape index (κ3) is 3.65. The summed E-state index contributed by atoms with van der Waals surface area (Å²) < 4.78 is 31.1. The molecule has 0 aromatic heterocycles. The van der Waals surface area contributed by atoms with Gasteiger partial charge in [-0.25, -0.2) is 13.2 Å². The lowest BCUT2D eigenvalue weighted by Crippen LogP contribution is -2.37. The molecule has 1 heterocycles. The molecule has 1 saturated heterocycles. The molecule has 0 saturated carbocycles. The van der Waals surface area contributed by atoms with E-state index in [0.717, 1.165) is 11.5 Å². The molecule has 0 unspecified atom stereocenters. The molecule has 0 atom stereocenters. The molecule has 8 heteroatoms. The molecule has 0 bridgehead atoms. The highest BCUT2D eigenvalue weighted by molar-refractivity contribution is 7.99. The van der Waals surface area contributed by atoms with Crippen molar-refractivity contribution in [2.75, 3.05) is 31.2 Å². The first-order chi connectivity index (χ1) is 9.50. The zero-order valence-corrected chi connectivity index (χ0v) is 12.3. The van der Waals surface area contributed by atoms with Crippen LogP contribution in [0.2, 0.25) is 0 Å². The van der Waals surface area contributed by atoms with E-state index in [-0.39, 0.29) is 4.90 Å². The topological polar surface area (TPSA) is 83.9 Å². The molecule has 6 nitrogen and oxygen atoms in total. The number of carboxylic acid groups (broad SMARTS) is 1. The normalized spacial score (nSPS) is 16.8. The van der Waals surface area contributed by atoms with Gasteiger partial charge in [-0.15, -0.1) is 0 Å². The zero-order valence-electron chi connectivity index (χ0n) is 10.7. The van der Waals surface area contributed by atoms with Crippen LogP contribution in [0, 0.1) is 0 Å². The average molecular weight is 317 g/mol. The Morgan fingerprint density at radius 1 is 1.25 bits per heavy atom. The van der Waals surface area contributed by atoms with E-state index in [1.165, 1.54) is 28.6 Å². The van der Waals surface area contributed by atoms with Crippen molar-refractivity contribution in [3.8, 4) is 5.75 Å². The molecular weight excluding hydrogens is 302 g/mol. The predicted octanol–water partition coefficient (Wildman–Crippen LogP) is 0.888. The first kappa shape index (κ1) is 15.1. The van der Waals surface area contributed by atoms with Gasteiger partial charge in [0.2, 0.25) is 10.0 Å². The van der Waals surface area contributed by atoms with Crippen LogP contribution in [0.15, 0.2) is 29.2 Å². The first-order valence-corrected chi connectivity index (χ1v) is 8.62. The average Bonchev–Trinajstić information content (AvgIpc) is 2.46. The zero-order chi connectivity index (χ0) is 14.6. The van der Waals surface area contributed by atoms with E-state index in [1.807, 2.05) is 0 Å². The summed E-state index contributed by atoms with van der Waals surface area (Å²) in [7, 11) is -3.46. The molecule has 1 aromatic rings. The van der Waals surface area contributed by atoms with Gasteiger partial charge in [-0.05, 0) is 24.3 Å². The summed E-state index contributed by atoms with van der Waals surface area (Å²) >= 11 is 1.74. The van der Waals surface area contributed by atoms with Gasteiger partial charge >= 0.3 is 5.97 Å². The lowest BCUT2D eigenvalue weighted by molar-refractivity contribution is -0.139. The van der Waals surface area contributed by atoms with E-state index in [9.17, 15) is 13.2 Å². The van der Waals surface area contributed by atoms with Gasteiger partial charge in [0.1, 0.15) is 5.75 Å². The molecule has 110 valence electrons. The summed E-state index contributed by atoms with van der Waals surface area (Å²) in [5, 5.41) is 8.50. The van der Waals surface area contributed by atoms with Crippen molar-refractivity contribution in [1.29, 1.82) is 0 Å². The van der Waals surface area contributed by atoms with Crippen LogP contribution in [-0.4, -0.2) is 55.0 Å². The Bertz CT molecular complexity index is 564. The number of aliphatic carboxylic acids is 1. The van der Waals surface area contributed by atoms with Crippen LogP contribution in [0.3, 0.4) is 0 Å². The minimum absolute atomic E-state index is 0.201. The van der Waals surface area contributed by atoms with E-state index in [1.54, 1.807) is 11.8 Å². The van der Waals surface area contributed by atoms with E-state index >= 15 is 0 Å². The highest BCUT2D eigenvalue weighted by Crippen LogP contribution is 2.22. The van der Waals surface area contributed by atoms with Crippen LogP contribution in [-0.2, 0) is 14.8 Å². The highest BCUT2D eigenvalue weighted by atomic mass is 32.2. The quantitative estimate of drug-likeness (QED) is 0.868. The van der Waals surface area contributed by atoms with Crippen molar-refractivity contribution in [2.45, 2.75) is 4.90 Å². The van der Waals surface area contributed by atoms with Crippen molar-refractivity contribution >= 4 is 27.8 Å². The van der Waals surface area contributed by atoms with Gasteiger partial charge in [-0.1, -0.05) is 0 Å². The van der Waals surface area contributed by atoms with Gasteiger partial charge in [-0.3, -0.25) is 0 Å². The molecule has 1 aromatic carbocycles. The minimum atomic E-state index is -3.46. The van der Waals surface area contributed by atoms with Gasteiger partial charge < -0.3 is 9.84 Å². The van der Waals surface area contributed by atoms with E-state index in [4.69, 9.17) is 9.84 Å². The number of benzene rings is 1. The lowest BCUT2D eigenvalue weighted by Gasteiger charge is -2.25. The fraction of sp³-hybridized carbons (Fsp3) is 0.417. The third-order valence-electron chi connectivity index (χ3n) is 2.79. The predicted molar refractivity (Wildman–Crippen MR) is 75.7 cm³/mol. The van der Waals surface area contributed by atoms with Crippen molar-refractivity contribution < 1.29 is 23.1 Å². The summed E-state index contributed by atoms with van der Waals surface area (Å²) in [6.45, 7) is 0.587. The summed E-state index contributed by atoms with van der Waals surface area (Å²) in [4.78, 5) is 10.6. The summed E-state index contributed by atoms with van der Waals surface area (Å²) in [5.41, 5.74) is 0. The van der Waals surface area contributed by atoms with Gasteiger partial charge in [0, 0.05) is 24.6 Å². The third-order valence-corrected chi connectivity index (χ3v) is 5.65. The molecule has 1 aliphatic heterocycles. The Balaban J connectivity index is 2.10. The number of sulfonamides is 1. The van der Waals surface area contributed by atoms with Crippen LogP contribution >= 0.6 is 11.8 Å². The largest absolute Gasteiger partial charge is 0.482 e. The number of carboxylic acids is 1. The van der Waals surface area contributed by atoms with E-state index in [0.29, 0.717) is 18.8 Å². The number of ether oxygens (including phenoxy) is 1. The van der Waals surface area contributed by atoms with Crippen molar-refractivity contribution in [1.82, 2.24) is 4.31 Å². The summed E-state index contributed by atoms with van der Waals surface area (Å²) in [6, 6.07) is 5.81.